The van der Waals surface area contributed by atoms with Crippen molar-refractivity contribution in [2.45, 2.75) is 19.3 Å². The zero-order chi connectivity index (χ0) is 19.3. The summed E-state index contributed by atoms with van der Waals surface area (Å²) in [7, 11) is -3.48. The number of amides is 1. The number of hydrogen-bond donors (Lipinski definition) is 1. The normalized spacial score (nSPS) is 14.2. The van der Waals surface area contributed by atoms with Crippen molar-refractivity contribution in [2.24, 2.45) is 0 Å². The monoisotopic (exact) mass is 387 g/mol. The van der Waals surface area contributed by atoms with Crippen LogP contribution < -0.4 is 14.5 Å². The first-order valence-corrected chi connectivity index (χ1v) is 11.0. The van der Waals surface area contributed by atoms with Crippen LogP contribution in [0.15, 0.2) is 54.6 Å². The summed E-state index contributed by atoms with van der Waals surface area (Å²) in [5.41, 5.74) is 2.38. The predicted octanol–water partition coefficient (Wildman–Crippen LogP) is 3.08. The fourth-order valence-electron chi connectivity index (χ4n) is 3.24. The van der Waals surface area contributed by atoms with E-state index in [1.54, 1.807) is 12.1 Å². The van der Waals surface area contributed by atoms with Gasteiger partial charge in [-0.1, -0.05) is 18.2 Å². The van der Waals surface area contributed by atoms with Crippen LogP contribution >= 0.6 is 0 Å². The maximum absolute atomic E-state index is 12.2. The van der Waals surface area contributed by atoms with Crippen molar-refractivity contribution < 1.29 is 13.2 Å². The van der Waals surface area contributed by atoms with Gasteiger partial charge in [-0.2, -0.15) is 0 Å². The van der Waals surface area contributed by atoms with Crippen molar-refractivity contribution in [3.63, 3.8) is 0 Å². The number of nitrogens with zero attached hydrogens (tertiary/aromatic N) is 2. The van der Waals surface area contributed by atoms with Crippen molar-refractivity contribution in [1.29, 1.82) is 0 Å². The lowest BCUT2D eigenvalue weighted by atomic mass is 10.2. The summed E-state index contributed by atoms with van der Waals surface area (Å²) in [6, 6.07) is 16.6. The maximum atomic E-state index is 12.2. The van der Waals surface area contributed by atoms with Gasteiger partial charge in [-0.25, -0.2) is 8.42 Å². The van der Waals surface area contributed by atoms with Gasteiger partial charge in [0.1, 0.15) is 0 Å². The number of anilines is 3. The standard InChI is InChI=1S/C20H25N3O3S/c1-27(25,26)23(16-13-20(24)21-17-7-3-2-4-8-17)19-11-9-18(10-12-19)22-14-5-6-15-22/h2-4,7-12H,5-6,13-16H2,1H3,(H,21,24). The molecule has 0 aromatic heterocycles. The Bertz CT molecular complexity index is 861. The molecule has 1 aliphatic rings. The van der Waals surface area contributed by atoms with Crippen molar-refractivity contribution in [3.05, 3.63) is 54.6 Å². The highest BCUT2D eigenvalue weighted by Crippen LogP contribution is 2.25. The Kier molecular flexibility index (Phi) is 6.01. The molecular formula is C20H25N3O3S. The van der Waals surface area contributed by atoms with Crippen molar-refractivity contribution >= 4 is 33.0 Å². The van der Waals surface area contributed by atoms with E-state index in [0.717, 1.165) is 25.0 Å². The average Bonchev–Trinajstić information content (AvgIpc) is 3.17. The van der Waals surface area contributed by atoms with Gasteiger partial charge in [0.25, 0.3) is 0 Å². The Balaban J connectivity index is 1.66. The van der Waals surface area contributed by atoms with Crippen LogP contribution in [0.1, 0.15) is 19.3 Å². The fourth-order valence-corrected chi connectivity index (χ4v) is 4.17. The molecule has 0 saturated carbocycles. The van der Waals surface area contributed by atoms with Crippen LogP contribution in [0.5, 0.6) is 0 Å². The summed E-state index contributed by atoms with van der Waals surface area (Å²) in [5, 5.41) is 2.78. The summed E-state index contributed by atoms with van der Waals surface area (Å²) in [6.07, 6.45) is 3.62. The first kappa shape index (κ1) is 19.2. The summed E-state index contributed by atoms with van der Waals surface area (Å²) in [6.45, 7) is 2.17. The molecule has 2 aromatic carbocycles. The van der Waals surface area contributed by atoms with Gasteiger partial charge in [-0.05, 0) is 49.2 Å². The highest BCUT2D eigenvalue weighted by atomic mass is 32.2. The Morgan fingerprint density at radius 3 is 2.26 bits per heavy atom. The zero-order valence-electron chi connectivity index (χ0n) is 15.5. The van der Waals surface area contributed by atoms with E-state index in [4.69, 9.17) is 0 Å². The van der Waals surface area contributed by atoms with E-state index in [1.165, 1.54) is 17.1 Å². The molecule has 2 aromatic rings. The first-order valence-electron chi connectivity index (χ1n) is 9.11. The molecule has 1 amide bonds. The van der Waals surface area contributed by atoms with Gasteiger partial charge in [0.2, 0.25) is 15.9 Å². The number of nitrogens with one attached hydrogen (secondary N) is 1. The molecule has 3 rings (SSSR count). The van der Waals surface area contributed by atoms with Gasteiger partial charge in [-0.3, -0.25) is 9.10 Å². The summed E-state index contributed by atoms with van der Waals surface area (Å²) < 4.78 is 25.7. The third kappa shape index (κ3) is 5.23. The predicted molar refractivity (Wildman–Crippen MR) is 110 cm³/mol. The Morgan fingerprint density at radius 2 is 1.67 bits per heavy atom. The molecule has 1 saturated heterocycles. The largest absolute Gasteiger partial charge is 0.372 e. The van der Waals surface area contributed by atoms with E-state index in [9.17, 15) is 13.2 Å². The molecule has 27 heavy (non-hydrogen) atoms. The van der Waals surface area contributed by atoms with E-state index in [1.807, 2.05) is 42.5 Å². The third-order valence-electron chi connectivity index (χ3n) is 4.61. The van der Waals surface area contributed by atoms with Crippen LogP contribution in [0, 0.1) is 0 Å². The lowest BCUT2D eigenvalue weighted by Crippen LogP contribution is -2.33. The van der Waals surface area contributed by atoms with E-state index in [0.29, 0.717) is 11.4 Å². The maximum Gasteiger partial charge on any atom is 0.232 e. The minimum atomic E-state index is -3.48. The molecule has 0 atom stereocenters. The van der Waals surface area contributed by atoms with Gasteiger partial charge in [-0.15, -0.1) is 0 Å². The minimum Gasteiger partial charge on any atom is -0.372 e. The second kappa shape index (κ2) is 8.43. The lowest BCUT2D eigenvalue weighted by molar-refractivity contribution is -0.116. The number of carbonyl (C=O) groups excluding carboxylic acids is 1. The zero-order valence-corrected chi connectivity index (χ0v) is 16.3. The molecule has 0 radical (unpaired) electrons. The number of hydrogen-bond acceptors (Lipinski definition) is 4. The van der Waals surface area contributed by atoms with Crippen LogP contribution in [-0.4, -0.2) is 40.2 Å². The van der Waals surface area contributed by atoms with Gasteiger partial charge < -0.3 is 10.2 Å². The van der Waals surface area contributed by atoms with Crippen molar-refractivity contribution in [2.75, 3.05) is 40.4 Å². The van der Waals surface area contributed by atoms with Crippen LogP contribution in [-0.2, 0) is 14.8 Å². The number of para-hydroxylation sites is 1. The lowest BCUT2D eigenvalue weighted by Gasteiger charge is -2.24. The van der Waals surface area contributed by atoms with Gasteiger partial charge in [0.15, 0.2) is 0 Å². The molecule has 1 aliphatic heterocycles. The molecule has 1 heterocycles. The summed E-state index contributed by atoms with van der Waals surface area (Å²) in [4.78, 5) is 14.5. The number of rotatable bonds is 7. The van der Waals surface area contributed by atoms with E-state index < -0.39 is 10.0 Å². The van der Waals surface area contributed by atoms with Gasteiger partial charge in [0, 0.05) is 37.4 Å². The van der Waals surface area contributed by atoms with E-state index in [2.05, 4.69) is 10.2 Å². The smallest absolute Gasteiger partial charge is 0.232 e. The molecule has 6 nitrogen and oxygen atoms in total. The molecule has 1 N–H and O–H groups in total. The SMILES string of the molecule is CS(=O)(=O)N(CCC(=O)Nc1ccccc1)c1ccc(N2CCCC2)cc1. The van der Waals surface area contributed by atoms with E-state index >= 15 is 0 Å². The Morgan fingerprint density at radius 1 is 1.04 bits per heavy atom. The van der Waals surface area contributed by atoms with Crippen LogP contribution in [0.2, 0.25) is 0 Å². The van der Waals surface area contributed by atoms with Gasteiger partial charge in [0.05, 0.1) is 11.9 Å². The quantitative estimate of drug-likeness (QED) is 0.793. The highest BCUT2D eigenvalue weighted by Gasteiger charge is 2.19. The van der Waals surface area contributed by atoms with Crippen molar-refractivity contribution in [1.82, 2.24) is 0 Å². The Hall–Kier alpha value is -2.54. The van der Waals surface area contributed by atoms with Crippen molar-refractivity contribution in [3.8, 4) is 0 Å². The van der Waals surface area contributed by atoms with Crippen LogP contribution in [0.25, 0.3) is 0 Å². The van der Waals surface area contributed by atoms with Crippen LogP contribution in [0.3, 0.4) is 0 Å². The number of carbonyl (C=O) groups is 1. The fraction of sp³-hybridized carbons (Fsp3) is 0.350. The molecule has 0 unspecified atom stereocenters. The molecule has 144 valence electrons. The highest BCUT2D eigenvalue weighted by molar-refractivity contribution is 7.92. The summed E-state index contributed by atoms with van der Waals surface area (Å²) >= 11 is 0. The number of benzene rings is 2. The third-order valence-corrected chi connectivity index (χ3v) is 5.80. The molecule has 1 fully saturated rings. The van der Waals surface area contributed by atoms with E-state index in [-0.39, 0.29) is 18.9 Å². The first-order chi connectivity index (χ1) is 12.9. The topological polar surface area (TPSA) is 69.7 Å². The summed E-state index contributed by atoms with van der Waals surface area (Å²) in [5.74, 6) is -0.219. The Labute approximate surface area is 160 Å². The molecule has 7 heteroatoms. The minimum absolute atomic E-state index is 0.0792. The molecule has 0 bridgehead atoms. The van der Waals surface area contributed by atoms with Crippen LogP contribution in [0.4, 0.5) is 17.1 Å². The molecule has 0 spiro atoms. The second-order valence-electron chi connectivity index (χ2n) is 6.71. The second-order valence-corrected chi connectivity index (χ2v) is 8.62. The number of sulfonamides is 1. The molecule has 0 aliphatic carbocycles. The van der Waals surface area contributed by atoms with Gasteiger partial charge >= 0.3 is 0 Å². The molecular weight excluding hydrogens is 362 g/mol. The average molecular weight is 388 g/mol.